The van der Waals surface area contributed by atoms with Crippen molar-refractivity contribution in [2.24, 2.45) is 0 Å². The Balaban J connectivity index is 1.61. The first-order valence-electron chi connectivity index (χ1n) is 9.45. The fraction of sp³-hybridized carbons (Fsp3) is 0.238. The highest BCUT2D eigenvalue weighted by molar-refractivity contribution is 6.33. The third-order valence-electron chi connectivity index (χ3n) is 5.24. The molecule has 0 bridgehead atoms. The van der Waals surface area contributed by atoms with Gasteiger partial charge in [0, 0.05) is 24.9 Å². The number of hydrazine groups is 1. The van der Waals surface area contributed by atoms with Gasteiger partial charge >= 0.3 is 6.18 Å². The Kier molecular flexibility index (Phi) is 5.40. The molecule has 2 aliphatic heterocycles. The zero-order valence-electron chi connectivity index (χ0n) is 16.1. The number of rotatable bonds is 3. The standard InChI is InChI=1S/C21H18ClF3N4O2/c22-16-3-1-2-4-17(16)29-11-9-20(27-29,21(23,24)25)15-7-5-14(6-8-15)19(31)28-12-10-26-18(30)13-28/h1-9,11,27H,10,12-13H2,(H,26,30). The van der Waals surface area contributed by atoms with Crippen molar-refractivity contribution < 1.29 is 22.8 Å². The molecule has 2 aromatic carbocycles. The minimum Gasteiger partial charge on any atom is -0.353 e. The molecule has 2 N–H and O–H groups in total. The number of nitrogens with zero attached hydrogens (tertiary/aromatic N) is 2. The van der Waals surface area contributed by atoms with E-state index in [1.165, 1.54) is 40.4 Å². The van der Waals surface area contributed by atoms with E-state index >= 15 is 0 Å². The Morgan fingerprint density at radius 1 is 1.10 bits per heavy atom. The van der Waals surface area contributed by atoms with Gasteiger partial charge in [-0.25, -0.2) is 5.43 Å². The monoisotopic (exact) mass is 450 g/mol. The summed E-state index contributed by atoms with van der Waals surface area (Å²) in [5.74, 6) is -0.678. The molecule has 2 aromatic rings. The lowest BCUT2D eigenvalue weighted by molar-refractivity contribution is -0.183. The average molecular weight is 451 g/mol. The Bertz CT molecular complexity index is 1040. The van der Waals surface area contributed by atoms with Crippen LogP contribution in [0, 0.1) is 0 Å². The summed E-state index contributed by atoms with van der Waals surface area (Å²) in [7, 11) is 0. The number of carbonyl (C=O) groups is 2. The van der Waals surface area contributed by atoms with E-state index in [0.717, 1.165) is 6.08 Å². The summed E-state index contributed by atoms with van der Waals surface area (Å²) in [5.41, 5.74) is 0.514. The molecule has 2 heterocycles. The number of anilines is 1. The maximum atomic E-state index is 14.2. The summed E-state index contributed by atoms with van der Waals surface area (Å²) < 4.78 is 42.6. The van der Waals surface area contributed by atoms with E-state index in [1.54, 1.807) is 24.3 Å². The SMILES string of the molecule is O=C1CN(C(=O)c2ccc(C3(C(F)(F)F)C=CN(c4ccccc4Cl)N3)cc2)CCN1. The van der Waals surface area contributed by atoms with E-state index < -0.39 is 17.6 Å². The maximum Gasteiger partial charge on any atom is 0.416 e. The minimum absolute atomic E-state index is 0.0792. The molecule has 10 heteroatoms. The molecule has 4 rings (SSSR count). The van der Waals surface area contributed by atoms with Crippen LogP contribution in [0.2, 0.25) is 5.02 Å². The maximum absolute atomic E-state index is 14.2. The van der Waals surface area contributed by atoms with Crippen molar-refractivity contribution in [3.63, 3.8) is 0 Å². The first kappa shape index (κ1) is 21.2. The summed E-state index contributed by atoms with van der Waals surface area (Å²) in [6.07, 6.45) is -2.38. The summed E-state index contributed by atoms with van der Waals surface area (Å²) in [6.45, 7) is 0.604. The number of hydrogen-bond acceptors (Lipinski definition) is 4. The highest BCUT2D eigenvalue weighted by Gasteiger charge is 2.57. The fourth-order valence-electron chi connectivity index (χ4n) is 3.59. The van der Waals surface area contributed by atoms with E-state index in [0.29, 0.717) is 23.8 Å². The van der Waals surface area contributed by atoms with Gasteiger partial charge in [-0.3, -0.25) is 14.6 Å². The zero-order chi connectivity index (χ0) is 22.2. The van der Waals surface area contributed by atoms with Crippen LogP contribution in [-0.2, 0) is 10.3 Å². The highest BCUT2D eigenvalue weighted by atomic mass is 35.5. The Labute approximate surface area is 181 Å². The van der Waals surface area contributed by atoms with Crippen molar-refractivity contribution in [2.45, 2.75) is 11.7 Å². The molecule has 0 radical (unpaired) electrons. The number of carbonyl (C=O) groups excluding carboxylic acids is 2. The van der Waals surface area contributed by atoms with Crippen LogP contribution in [-0.4, -0.2) is 42.5 Å². The highest BCUT2D eigenvalue weighted by Crippen LogP contribution is 2.44. The van der Waals surface area contributed by atoms with Gasteiger partial charge in [0.25, 0.3) is 5.91 Å². The van der Waals surface area contributed by atoms with Crippen LogP contribution in [0.4, 0.5) is 18.9 Å². The van der Waals surface area contributed by atoms with Gasteiger partial charge in [-0.1, -0.05) is 35.9 Å². The zero-order valence-corrected chi connectivity index (χ0v) is 16.9. The molecule has 1 fully saturated rings. The number of alkyl halides is 3. The predicted octanol–water partition coefficient (Wildman–Crippen LogP) is 3.21. The number of para-hydroxylation sites is 1. The van der Waals surface area contributed by atoms with Crippen LogP contribution >= 0.6 is 11.6 Å². The normalized spacial score (nSPS) is 21.4. The van der Waals surface area contributed by atoms with Crippen LogP contribution in [0.3, 0.4) is 0 Å². The van der Waals surface area contributed by atoms with Gasteiger partial charge in [-0.2, -0.15) is 13.2 Å². The van der Waals surface area contributed by atoms with Crippen LogP contribution in [0.5, 0.6) is 0 Å². The number of nitrogens with one attached hydrogen (secondary N) is 2. The average Bonchev–Trinajstić information content (AvgIpc) is 3.20. The molecule has 0 spiro atoms. The van der Waals surface area contributed by atoms with Gasteiger partial charge in [0.15, 0.2) is 5.54 Å². The molecule has 2 amide bonds. The second-order valence-corrected chi connectivity index (χ2v) is 7.62. The molecule has 31 heavy (non-hydrogen) atoms. The Hall–Kier alpha value is -3.04. The third kappa shape index (κ3) is 3.86. The smallest absolute Gasteiger partial charge is 0.353 e. The molecule has 1 saturated heterocycles. The van der Waals surface area contributed by atoms with Crippen LogP contribution in [0.25, 0.3) is 0 Å². The topological polar surface area (TPSA) is 64.7 Å². The largest absolute Gasteiger partial charge is 0.416 e. The summed E-state index contributed by atoms with van der Waals surface area (Å²) in [6, 6.07) is 11.7. The van der Waals surface area contributed by atoms with E-state index in [4.69, 9.17) is 11.6 Å². The Morgan fingerprint density at radius 3 is 2.45 bits per heavy atom. The fourth-order valence-corrected chi connectivity index (χ4v) is 3.82. The van der Waals surface area contributed by atoms with Crippen molar-refractivity contribution >= 4 is 29.1 Å². The Morgan fingerprint density at radius 2 is 1.81 bits per heavy atom. The van der Waals surface area contributed by atoms with E-state index in [2.05, 4.69) is 10.7 Å². The summed E-state index contributed by atoms with van der Waals surface area (Å²) >= 11 is 6.13. The molecule has 1 unspecified atom stereocenters. The van der Waals surface area contributed by atoms with E-state index in [9.17, 15) is 22.8 Å². The van der Waals surface area contributed by atoms with Gasteiger partial charge in [-0.15, -0.1) is 0 Å². The first-order chi connectivity index (χ1) is 14.7. The molecule has 0 aromatic heterocycles. The van der Waals surface area contributed by atoms with Crippen molar-refractivity contribution in [2.75, 3.05) is 24.6 Å². The number of halogens is 4. The van der Waals surface area contributed by atoms with Gasteiger partial charge in [0.2, 0.25) is 5.91 Å². The lowest BCUT2D eigenvalue weighted by atomic mass is 9.89. The number of amides is 2. The molecule has 162 valence electrons. The number of piperazine rings is 1. The van der Waals surface area contributed by atoms with Gasteiger partial charge in [-0.05, 0) is 35.9 Å². The second kappa shape index (κ2) is 7.90. The van der Waals surface area contributed by atoms with Crippen LogP contribution < -0.4 is 15.8 Å². The van der Waals surface area contributed by atoms with Crippen molar-refractivity contribution in [3.8, 4) is 0 Å². The third-order valence-corrected chi connectivity index (χ3v) is 5.56. The first-order valence-corrected chi connectivity index (χ1v) is 9.83. The van der Waals surface area contributed by atoms with Gasteiger partial charge in [0.05, 0.1) is 17.3 Å². The number of hydrogen-bond donors (Lipinski definition) is 2. The summed E-state index contributed by atoms with van der Waals surface area (Å²) in [5, 5.41) is 4.14. The predicted molar refractivity (Wildman–Crippen MR) is 109 cm³/mol. The quantitative estimate of drug-likeness (QED) is 0.753. The van der Waals surface area contributed by atoms with E-state index in [-0.39, 0.29) is 23.6 Å². The molecule has 0 saturated carbocycles. The molecule has 6 nitrogen and oxygen atoms in total. The molecule has 2 aliphatic rings. The van der Waals surface area contributed by atoms with Crippen LogP contribution in [0.15, 0.2) is 60.8 Å². The van der Waals surface area contributed by atoms with Gasteiger partial charge < -0.3 is 10.2 Å². The second-order valence-electron chi connectivity index (χ2n) is 7.21. The summed E-state index contributed by atoms with van der Waals surface area (Å²) in [4.78, 5) is 25.5. The van der Waals surface area contributed by atoms with Crippen LogP contribution in [0.1, 0.15) is 15.9 Å². The van der Waals surface area contributed by atoms with Crippen molar-refractivity contribution in [3.05, 3.63) is 77.0 Å². The lowest BCUT2D eigenvalue weighted by Crippen LogP contribution is -2.54. The van der Waals surface area contributed by atoms with Gasteiger partial charge in [0.1, 0.15) is 0 Å². The van der Waals surface area contributed by atoms with E-state index in [1.807, 2.05) is 0 Å². The minimum atomic E-state index is -4.67. The van der Waals surface area contributed by atoms with Crippen molar-refractivity contribution in [1.29, 1.82) is 0 Å². The molecule has 0 aliphatic carbocycles. The van der Waals surface area contributed by atoms with Crippen molar-refractivity contribution in [1.82, 2.24) is 15.6 Å². The number of benzene rings is 2. The molecular weight excluding hydrogens is 433 g/mol. The molecule has 1 atom stereocenters. The molecular formula is C21H18ClF3N4O2. The lowest BCUT2D eigenvalue weighted by Gasteiger charge is -2.34.